The van der Waals surface area contributed by atoms with Gasteiger partial charge in [-0.2, -0.15) is 4.98 Å². The number of likely N-dealkylation sites (tertiary alicyclic amines) is 1. The molecule has 3 heterocycles. The van der Waals surface area contributed by atoms with Crippen LogP contribution in [0.4, 0.5) is 0 Å². The first-order valence-electron chi connectivity index (χ1n) is 8.56. The molecule has 6 nitrogen and oxygen atoms in total. The van der Waals surface area contributed by atoms with Crippen molar-refractivity contribution in [2.24, 2.45) is 0 Å². The van der Waals surface area contributed by atoms with Crippen LogP contribution < -0.4 is 0 Å². The number of amides is 1. The largest absolute Gasteiger partial charge is 0.378 e. The molecule has 2 aliphatic heterocycles. The monoisotopic (exact) mass is 305 g/mol. The minimum atomic E-state index is 0.00764. The van der Waals surface area contributed by atoms with Gasteiger partial charge >= 0.3 is 0 Å². The Bertz CT molecular complexity index is 534. The zero-order valence-corrected chi connectivity index (χ0v) is 12.9. The summed E-state index contributed by atoms with van der Waals surface area (Å²) in [6, 6.07) is 0.00764. The van der Waals surface area contributed by atoms with E-state index in [2.05, 4.69) is 10.1 Å². The highest BCUT2D eigenvalue weighted by Crippen LogP contribution is 2.40. The number of nitrogens with zero attached hydrogens (tertiary/aromatic N) is 3. The van der Waals surface area contributed by atoms with Crippen LogP contribution in [0.1, 0.15) is 75.0 Å². The summed E-state index contributed by atoms with van der Waals surface area (Å²) in [7, 11) is 0. The zero-order valence-electron chi connectivity index (χ0n) is 12.9. The van der Waals surface area contributed by atoms with Gasteiger partial charge in [0, 0.05) is 25.5 Å². The van der Waals surface area contributed by atoms with E-state index in [0.29, 0.717) is 18.2 Å². The summed E-state index contributed by atoms with van der Waals surface area (Å²) in [4.78, 5) is 19.0. The van der Waals surface area contributed by atoms with Crippen LogP contribution in [0, 0.1) is 0 Å². The summed E-state index contributed by atoms with van der Waals surface area (Å²) in [5.74, 6) is 2.13. The van der Waals surface area contributed by atoms with E-state index in [4.69, 9.17) is 9.26 Å². The number of hydrogen-bond donors (Lipinski definition) is 0. The van der Waals surface area contributed by atoms with E-state index < -0.39 is 0 Å². The van der Waals surface area contributed by atoms with Crippen LogP contribution in [0.3, 0.4) is 0 Å². The maximum atomic E-state index is 12.5. The van der Waals surface area contributed by atoms with Gasteiger partial charge in [-0.25, -0.2) is 0 Å². The molecule has 1 aromatic heterocycles. The van der Waals surface area contributed by atoms with Crippen molar-refractivity contribution in [2.75, 3.05) is 13.2 Å². The van der Waals surface area contributed by atoms with Crippen molar-refractivity contribution in [3.8, 4) is 0 Å². The van der Waals surface area contributed by atoms with E-state index in [1.165, 1.54) is 0 Å². The Hall–Kier alpha value is -1.43. The molecule has 0 bridgehead atoms. The van der Waals surface area contributed by atoms with Crippen LogP contribution in [-0.4, -0.2) is 40.2 Å². The standard InChI is InChI=1S/C16H23N3O3/c20-14(8-7-12-3-2-10-21-12)19-9-1-4-13(19)15-17-16(22-18-15)11-5-6-11/h11-13H,1-10H2. The highest BCUT2D eigenvalue weighted by Gasteiger charge is 2.36. The summed E-state index contributed by atoms with van der Waals surface area (Å²) in [5.41, 5.74) is 0. The van der Waals surface area contributed by atoms with Gasteiger partial charge in [0.15, 0.2) is 5.82 Å². The maximum absolute atomic E-state index is 12.5. The van der Waals surface area contributed by atoms with E-state index in [1.54, 1.807) is 0 Å². The predicted molar refractivity (Wildman–Crippen MR) is 78.2 cm³/mol. The average Bonchev–Trinajstić information content (AvgIpc) is 3.02. The van der Waals surface area contributed by atoms with E-state index in [1.807, 2.05) is 4.90 Å². The topological polar surface area (TPSA) is 68.5 Å². The van der Waals surface area contributed by atoms with Crippen molar-refractivity contribution in [3.63, 3.8) is 0 Å². The number of hydrogen-bond acceptors (Lipinski definition) is 5. The minimum absolute atomic E-state index is 0.00764. The fraction of sp³-hybridized carbons (Fsp3) is 0.812. The van der Waals surface area contributed by atoms with Gasteiger partial charge in [0.25, 0.3) is 0 Å². The Morgan fingerprint density at radius 1 is 1.23 bits per heavy atom. The van der Waals surface area contributed by atoms with E-state index in [-0.39, 0.29) is 18.1 Å². The summed E-state index contributed by atoms with van der Waals surface area (Å²) in [6.07, 6.45) is 8.14. The molecule has 2 saturated heterocycles. The number of aromatic nitrogens is 2. The second-order valence-electron chi connectivity index (χ2n) is 6.68. The van der Waals surface area contributed by atoms with E-state index in [9.17, 15) is 4.79 Å². The number of carbonyl (C=O) groups excluding carboxylic acids is 1. The lowest BCUT2D eigenvalue weighted by Crippen LogP contribution is -2.31. The quantitative estimate of drug-likeness (QED) is 0.836. The molecule has 120 valence electrons. The molecule has 3 aliphatic rings. The van der Waals surface area contributed by atoms with Crippen LogP contribution in [0.15, 0.2) is 4.52 Å². The molecule has 1 amide bonds. The molecule has 1 saturated carbocycles. The number of rotatable bonds is 5. The average molecular weight is 305 g/mol. The molecular formula is C16H23N3O3. The van der Waals surface area contributed by atoms with Crippen molar-refractivity contribution >= 4 is 5.91 Å². The van der Waals surface area contributed by atoms with Crippen LogP contribution >= 0.6 is 0 Å². The van der Waals surface area contributed by atoms with Crippen molar-refractivity contribution in [2.45, 2.75) is 69.4 Å². The van der Waals surface area contributed by atoms with Gasteiger partial charge in [0.05, 0.1) is 12.1 Å². The normalized spacial score (nSPS) is 28.5. The molecule has 0 N–H and O–H groups in total. The molecule has 0 radical (unpaired) electrons. The Morgan fingerprint density at radius 3 is 2.91 bits per heavy atom. The van der Waals surface area contributed by atoms with Crippen LogP contribution in [0.2, 0.25) is 0 Å². The van der Waals surface area contributed by atoms with Crippen LogP contribution in [-0.2, 0) is 9.53 Å². The fourth-order valence-corrected chi connectivity index (χ4v) is 3.51. The molecule has 0 aromatic carbocycles. The second kappa shape index (κ2) is 5.99. The highest BCUT2D eigenvalue weighted by molar-refractivity contribution is 5.76. The smallest absolute Gasteiger partial charge is 0.229 e. The molecule has 6 heteroatoms. The van der Waals surface area contributed by atoms with E-state index in [0.717, 1.165) is 64.0 Å². The lowest BCUT2D eigenvalue weighted by atomic mass is 10.1. The van der Waals surface area contributed by atoms with Crippen molar-refractivity contribution < 1.29 is 14.1 Å². The summed E-state index contributed by atoms with van der Waals surface area (Å²) < 4.78 is 11.0. The molecule has 3 fully saturated rings. The van der Waals surface area contributed by atoms with Crippen molar-refractivity contribution in [1.82, 2.24) is 15.0 Å². The van der Waals surface area contributed by atoms with Gasteiger partial charge in [-0.15, -0.1) is 0 Å². The molecule has 1 aromatic rings. The summed E-state index contributed by atoms with van der Waals surface area (Å²) >= 11 is 0. The Labute approximate surface area is 130 Å². The third-order valence-corrected chi connectivity index (χ3v) is 4.96. The fourth-order valence-electron chi connectivity index (χ4n) is 3.51. The Kier molecular flexibility index (Phi) is 3.86. The molecule has 2 atom stereocenters. The van der Waals surface area contributed by atoms with Crippen LogP contribution in [0.5, 0.6) is 0 Å². The molecule has 2 unspecified atom stereocenters. The van der Waals surface area contributed by atoms with Gasteiger partial charge in [0.2, 0.25) is 11.8 Å². The third kappa shape index (κ3) is 2.89. The van der Waals surface area contributed by atoms with Crippen molar-refractivity contribution in [3.05, 3.63) is 11.7 Å². The first kappa shape index (κ1) is 14.2. The summed E-state index contributed by atoms with van der Waals surface area (Å²) in [6.45, 7) is 1.65. The minimum Gasteiger partial charge on any atom is -0.378 e. The van der Waals surface area contributed by atoms with Gasteiger partial charge in [-0.3, -0.25) is 4.79 Å². The SMILES string of the molecule is O=C(CCC1CCCO1)N1CCCC1c1noc(C2CC2)n1. The lowest BCUT2D eigenvalue weighted by Gasteiger charge is -2.22. The highest BCUT2D eigenvalue weighted by atomic mass is 16.5. The van der Waals surface area contributed by atoms with Gasteiger partial charge in [-0.05, 0) is 44.9 Å². The first-order chi connectivity index (χ1) is 10.8. The number of ether oxygens (including phenoxy) is 1. The Morgan fingerprint density at radius 2 is 2.14 bits per heavy atom. The Balaban J connectivity index is 1.37. The molecular weight excluding hydrogens is 282 g/mol. The molecule has 22 heavy (non-hydrogen) atoms. The van der Waals surface area contributed by atoms with E-state index >= 15 is 0 Å². The van der Waals surface area contributed by atoms with Gasteiger partial charge in [-0.1, -0.05) is 5.16 Å². The number of carbonyl (C=O) groups is 1. The second-order valence-corrected chi connectivity index (χ2v) is 6.68. The summed E-state index contributed by atoms with van der Waals surface area (Å²) in [5, 5.41) is 4.12. The zero-order chi connectivity index (χ0) is 14.9. The predicted octanol–water partition coefficient (Wildman–Crippen LogP) is 2.57. The van der Waals surface area contributed by atoms with Gasteiger partial charge < -0.3 is 14.2 Å². The molecule has 0 spiro atoms. The molecule has 4 rings (SSSR count). The maximum Gasteiger partial charge on any atom is 0.229 e. The van der Waals surface area contributed by atoms with Gasteiger partial charge in [0.1, 0.15) is 0 Å². The third-order valence-electron chi connectivity index (χ3n) is 4.96. The first-order valence-corrected chi connectivity index (χ1v) is 8.56. The molecule has 1 aliphatic carbocycles. The van der Waals surface area contributed by atoms with Crippen molar-refractivity contribution in [1.29, 1.82) is 0 Å². The van der Waals surface area contributed by atoms with Crippen LogP contribution in [0.25, 0.3) is 0 Å². The lowest BCUT2D eigenvalue weighted by molar-refractivity contribution is -0.132.